The van der Waals surface area contributed by atoms with Crippen molar-refractivity contribution in [3.8, 4) is 0 Å². The molecule has 2 aromatic rings. The van der Waals surface area contributed by atoms with Gasteiger partial charge in [0.2, 0.25) is 0 Å². The summed E-state index contributed by atoms with van der Waals surface area (Å²) in [4.78, 5) is 23.1. The van der Waals surface area contributed by atoms with Crippen molar-refractivity contribution in [2.24, 2.45) is 0 Å². The molecule has 2 heterocycles. The van der Waals surface area contributed by atoms with Gasteiger partial charge in [-0.2, -0.15) is 18.3 Å². The Kier molecular flexibility index (Phi) is 4.25. The monoisotopic (exact) mass is 317 g/mol. The van der Waals surface area contributed by atoms with E-state index in [1.165, 1.54) is 18.0 Å². The van der Waals surface area contributed by atoms with Crippen molar-refractivity contribution in [3.63, 3.8) is 0 Å². The van der Waals surface area contributed by atoms with Gasteiger partial charge < -0.3 is 4.74 Å². The maximum atomic E-state index is 13.1. The van der Waals surface area contributed by atoms with E-state index in [1.54, 1.807) is 6.92 Å². The fourth-order valence-electron chi connectivity index (χ4n) is 2.10. The second kappa shape index (κ2) is 5.82. The van der Waals surface area contributed by atoms with Crippen molar-refractivity contribution >= 4 is 17.0 Å². The zero-order valence-corrected chi connectivity index (χ0v) is 12.0. The van der Waals surface area contributed by atoms with Crippen LogP contribution in [-0.4, -0.2) is 27.4 Å². The van der Waals surface area contributed by atoms with Gasteiger partial charge in [0.25, 0.3) is 5.56 Å². The van der Waals surface area contributed by atoms with Gasteiger partial charge in [-0.05, 0) is 6.92 Å². The molecular weight excluding hydrogens is 303 g/mol. The van der Waals surface area contributed by atoms with E-state index in [4.69, 9.17) is 0 Å². The van der Waals surface area contributed by atoms with E-state index in [-0.39, 0.29) is 24.0 Å². The molecule has 0 aliphatic rings. The number of hydrogen-bond donors (Lipinski definition) is 0. The molecule has 2 rings (SSSR count). The highest BCUT2D eigenvalue weighted by Gasteiger charge is 2.35. The van der Waals surface area contributed by atoms with Gasteiger partial charge in [0.1, 0.15) is 0 Å². The molecule has 0 radical (unpaired) electrons. The topological polar surface area (TPSA) is 66.1 Å². The first-order valence-corrected chi connectivity index (χ1v) is 6.53. The smallest absolute Gasteiger partial charge is 0.417 e. The predicted octanol–water partition coefficient (Wildman–Crippen LogP) is 1.80. The van der Waals surface area contributed by atoms with E-state index in [9.17, 15) is 22.8 Å². The van der Waals surface area contributed by atoms with Crippen molar-refractivity contribution in [1.29, 1.82) is 0 Å². The fourth-order valence-corrected chi connectivity index (χ4v) is 2.10. The average Bonchev–Trinajstić information content (AvgIpc) is 2.87. The van der Waals surface area contributed by atoms with Crippen LogP contribution in [0.2, 0.25) is 0 Å². The summed E-state index contributed by atoms with van der Waals surface area (Å²) in [5, 5.41) is 3.83. The number of ether oxygens (including phenoxy) is 1. The Morgan fingerprint density at radius 2 is 2.09 bits per heavy atom. The van der Waals surface area contributed by atoms with E-state index >= 15 is 0 Å². The number of nitrogens with zero attached hydrogens (tertiary/aromatic N) is 3. The lowest BCUT2D eigenvalue weighted by Gasteiger charge is -2.11. The molecule has 0 N–H and O–H groups in total. The fraction of sp³-hybridized carbons (Fsp3) is 0.462. The summed E-state index contributed by atoms with van der Waals surface area (Å²) < 4.78 is 46.0. The molecule has 0 amide bonds. The maximum Gasteiger partial charge on any atom is 0.417 e. The summed E-state index contributed by atoms with van der Waals surface area (Å²) in [5.74, 6) is -0.560. The number of carbonyl (C=O) groups excluding carboxylic acids is 1. The second-order valence-electron chi connectivity index (χ2n) is 4.59. The van der Waals surface area contributed by atoms with Crippen LogP contribution in [0, 0.1) is 0 Å². The SMILES string of the molecule is CCn1cc2c(C(F)(F)F)cc(=O)n(CCC(=O)OC)c2n1. The van der Waals surface area contributed by atoms with E-state index < -0.39 is 23.3 Å². The van der Waals surface area contributed by atoms with Gasteiger partial charge in [-0.15, -0.1) is 0 Å². The third-order valence-corrected chi connectivity index (χ3v) is 3.22. The summed E-state index contributed by atoms with van der Waals surface area (Å²) >= 11 is 0. The molecule has 0 spiro atoms. The minimum atomic E-state index is -4.65. The Morgan fingerprint density at radius 1 is 1.41 bits per heavy atom. The van der Waals surface area contributed by atoms with Gasteiger partial charge in [-0.3, -0.25) is 18.8 Å². The molecule has 2 aromatic heterocycles. The number of pyridine rings is 1. The van der Waals surface area contributed by atoms with Crippen LogP contribution in [0.3, 0.4) is 0 Å². The van der Waals surface area contributed by atoms with Crippen molar-refractivity contribution < 1.29 is 22.7 Å². The van der Waals surface area contributed by atoms with Crippen molar-refractivity contribution in [3.05, 3.63) is 28.2 Å². The molecule has 0 saturated heterocycles. The lowest BCUT2D eigenvalue weighted by atomic mass is 10.2. The molecular formula is C13H14F3N3O3. The van der Waals surface area contributed by atoms with Crippen LogP contribution < -0.4 is 5.56 Å². The lowest BCUT2D eigenvalue weighted by molar-refractivity contribution is -0.141. The van der Waals surface area contributed by atoms with Crippen LogP contribution in [-0.2, 0) is 28.8 Å². The third kappa shape index (κ3) is 2.97. The van der Waals surface area contributed by atoms with Gasteiger partial charge in [0.15, 0.2) is 5.65 Å². The highest BCUT2D eigenvalue weighted by Crippen LogP contribution is 2.33. The number of fused-ring (bicyclic) bond motifs is 1. The second-order valence-corrected chi connectivity index (χ2v) is 4.59. The maximum absolute atomic E-state index is 13.1. The molecule has 6 nitrogen and oxygen atoms in total. The van der Waals surface area contributed by atoms with Crippen LogP contribution >= 0.6 is 0 Å². The standard InChI is InChI=1S/C13H14F3N3O3/c1-3-18-7-8-9(13(14,15)16)6-10(20)19(12(8)17-18)5-4-11(21)22-2/h6-7H,3-5H2,1-2H3. The number of aromatic nitrogens is 3. The van der Waals surface area contributed by atoms with Crippen LogP contribution in [0.25, 0.3) is 11.0 Å². The summed E-state index contributed by atoms with van der Waals surface area (Å²) in [6, 6.07) is 0.529. The molecule has 0 atom stereocenters. The Hall–Kier alpha value is -2.32. The Morgan fingerprint density at radius 3 is 2.64 bits per heavy atom. The first-order valence-electron chi connectivity index (χ1n) is 6.53. The Bertz CT molecular complexity index is 761. The van der Waals surface area contributed by atoms with Crippen LogP contribution in [0.4, 0.5) is 13.2 Å². The molecule has 0 bridgehead atoms. The number of esters is 1. The molecule has 0 aliphatic carbocycles. The van der Waals surface area contributed by atoms with Crippen molar-refractivity contribution in [2.75, 3.05) is 7.11 Å². The normalized spacial score (nSPS) is 11.9. The molecule has 0 aromatic carbocycles. The molecule has 120 valence electrons. The summed E-state index contributed by atoms with van der Waals surface area (Å²) in [5.41, 5.74) is -1.97. The Balaban J connectivity index is 2.62. The molecule has 0 fully saturated rings. The predicted molar refractivity (Wildman–Crippen MR) is 71.3 cm³/mol. The largest absolute Gasteiger partial charge is 0.469 e. The van der Waals surface area contributed by atoms with Crippen LogP contribution in [0.5, 0.6) is 0 Å². The number of rotatable bonds is 4. The van der Waals surface area contributed by atoms with Gasteiger partial charge in [0.05, 0.1) is 19.1 Å². The quantitative estimate of drug-likeness (QED) is 0.807. The summed E-state index contributed by atoms with van der Waals surface area (Å²) in [6.45, 7) is 1.98. The molecule has 0 aliphatic heterocycles. The third-order valence-electron chi connectivity index (χ3n) is 3.22. The van der Waals surface area contributed by atoms with Gasteiger partial charge in [-0.25, -0.2) is 0 Å². The highest BCUT2D eigenvalue weighted by atomic mass is 19.4. The van der Waals surface area contributed by atoms with E-state index in [0.717, 1.165) is 4.57 Å². The number of hydrogen-bond acceptors (Lipinski definition) is 4. The molecule has 22 heavy (non-hydrogen) atoms. The van der Waals surface area contributed by atoms with E-state index in [0.29, 0.717) is 12.6 Å². The number of aryl methyl sites for hydroxylation is 2. The van der Waals surface area contributed by atoms with Crippen molar-refractivity contribution in [1.82, 2.24) is 14.3 Å². The van der Waals surface area contributed by atoms with Crippen molar-refractivity contribution in [2.45, 2.75) is 32.6 Å². The number of alkyl halides is 3. The van der Waals surface area contributed by atoms with Gasteiger partial charge in [0, 0.05) is 30.7 Å². The van der Waals surface area contributed by atoms with Crippen LogP contribution in [0.1, 0.15) is 18.9 Å². The number of methoxy groups -OCH3 is 1. The Labute approximate surface area is 123 Å². The number of halogens is 3. The van der Waals surface area contributed by atoms with E-state index in [2.05, 4.69) is 9.84 Å². The minimum absolute atomic E-state index is 0.0921. The van der Waals surface area contributed by atoms with E-state index in [1.807, 2.05) is 0 Å². The molecule has 0 saturated carbocycles. The number of carbonyl (C=O) groups is 1. The molecule has 0 unspecified atom stereocenters. The van der Waals surface area contributed by atoms with Crippen LogP contribution in [0.15, 0.2) is 17.1 Å². The average molecular weight is 317 g/mol. The lowest BCUT2D eigenvalue weighted by Crippen LogP contribution is -2.24. The zero-order valence-electron chi connectivity index (χ0n) is 12.0. The molecule has 9 heteroatoms. The summed E-state index contributed by atoms with van der Waals surface area (Å²) in [6.07, 6.45) is -3.54. The summed E-state index contributed by atoms with van der Waals surface area (Å²) in [7, 11) is 1.19. The minimum Gasteiger partial charge on any atom is -0.469 e. The first kappa shape index (κ1) is 16.1. The van der Waals surface area contributed by atoms with Gasteiger partial charge >= 0.3 is 12.1 Å². The highest BCUT2D eigenvalue weighted by molar-refractivity contribution is 5.79. The zero-order chi connectivity index (χ0) is 16.5. The van der Waals surface area contributed by atoms with Gasteiger partial charge in [-0.1, -0.05) is 0 Å². The first-order chi connectivity index (χ1) is 10.3.